The molecule has 0 atom stereocenters. The number of nitrogens with zero attached hydrogens (tertiary/aromatic N) is 2. The lowest BCUT2D eigenvalue weighted by atomic mass is 10.0. The number of nitriles is 1. The number of hydrogen-bond acceptors (Lipinski definition) is 2. The number of aryl methyl sites for hydroxylation is 1. The van der Waals surface area contributed by atoms with Gasteiger partial charge in [-0.25, -0.2) is 0 Å². The number of H-pyrrole nitrogens is 1. The van der Waals surface area contributed by atoms with E-state index >= 15 is 0 Å². The zero-order valence-electron chi connectivity index (χ0n) is 8.49. The molecule has 0 saturated heterocycles. The summed E-state index contributed by atoms with van der Waals surface area (Å²) >= 11 is 0. The Morgan fingerprint density at radius 2 is 2.40 bits per heavy atom. The molecule has 2 aromatic rings. The minimum atomic E-state index is 0.587. The van der Waals surface area contributed by atoms with Crippen molar-refractivity contribution in [2.24, 2.45) is 0 Å². The van der Waals surface area contributed by atoms with E-state index < -0.39 is 0 Å². The summed E-state index contributed by atoms with van der Waals surface area (Å²) in [6.07, 6.45) is 6.44. The van der Waals surface area contributed by atoms with Crippen molar-refractivity contribution in [3.05, 3.63) is 42.0 Å². The Labute approximate surface area is 88.4 Å². The Kier molecular flexibility index (Phi) is 2.51. The molecule has 0 aliphatic heterocycles. The molecule has 0 fully saturated rings. The molecule has 74 valence electrons. The molecular weight excluding hydrogens is 186 g/mol. The van der Waals surface area contributed by atoms with Crippen molar-refractivity contribution in [1.29, 1.82) is 5.26 Å². The molecule has 2 rings (SSSR count). The quantitative estimate of drug-likeness (QED) is 0.804. The highest BCUT2D eigenvalue weighted by atomic mass is 14.7. The fraction of sp³-hybridized carbons (Fsp3) is 0.167. The first-order valence-corrected chi connectivity index (χ1v) is 4.87. The van der Waals surface area contributed by atoms with E-state index in [-0.39, 0.29) is 0 Å². The minimum Gasteiger partial charge on any atom is -0.353 e. The van der Waals surface area contributed by atoms with Gasteiger partial charge in [0.15, 0.2) is 0 Å². The van der Waals surface area contributed by atoms with Crippen LogP contribution >= 0.6 is 0 Å². The van der Waals surface area contributed by atoms with Crippen molar-refractivity contribution in [2.45, 2.75) is 13.3 Å². The van der Waals surface area contributed by atoms with Gasteiger partial charge in [-0.15, -0.1) is 0 Å². The van der Waals surface area contributed by atoms with Crippen molar-refractivity contribution in [3.63, 3.8) is 0 Å². The molecule has 2 heterocycles. The van der Waals surface area contributed by atoms with E-state index in [2.05, 4.69) is 23.0 Å². The van der Waals surface area contributed by atoms with Gasteiger partial charge in [-0.05, 0) is 29.7 Å². The van der Waals surface area contributed by atoms with Crippen LogP contribution < -0.4 is 0 Å². The van der Waals surface area contributed by atoms with Crippen LogP contribution in [0.4, 0.5) is 0 Å². The van der Waals surface area contributed by atoms with Crippen LogP contribution in [0.3, 0.4) is 0 Å². The van der Waals surface area contributed by atoms with Gasteiger partial charge in [-0.3, -0.25) is 4.98 Å². The van der Waals surface area contributed by atoms with Gasteiger partial charge in [-0.2, -0.15) is 5.26 Å². The zero-order chi connectivity index (χ0) is 10.7. The average Bonchev–Trinajstić information content (AvgIpc) is 2.77. The van der Waals surface area contributed by atoms with E-state index in [0.717, 1.165) is 17.5 Å². The second kappa shape index (κ2) is 3.97. The summed E-state index contributed by atoms with van der Waals surface area (Å²) in [5, 5.41) is 8.73. The van der Waals surface area contributed by atoms with Crippen molar-refractivity contribution in [2.75, 3.05) is 0 Å². The van der Waals surface area contributed by atoms with E-state index in [1.54, 1.807) is 6.20 Å². The van der Waals surface area contributed by atoms with Crippen molar-refractivity contribution in [3.8, 4) is 17.2 Å². The molecule has 0 radical (unpaired) electrons. The number of nitrogens with one attached hydrogen (secondary N) is 1. The molecule has 0 spiro atoms. The van der Waals surface area contributed by atoms with Gasteiger partial charge < -0.3 is 4.98 Å². The fourth-order valence-corrected chi connectivity index (χ4v) is 1.60. The molecule has 0 amide bonds. The van der Waals surface area contributed by atoms with Gasteiger partial charge in [0.2, 0.25) is 0 Å². The second-order valence-electron chi connectivity index (χ2n) is 3.30. The molecule has 2 aromatic heterocycles. The third kappa shape index (κ3) is 1.75. The Balaban J connectivity index is 2.49. The van der Waals surface area contributed by atoms with Gasteiger partial charge in [0.25, 0.3) is 0 Å². The molecule has 0 aliphatic carbocycles. The fourth-order valence-electron chi connectivity index (χ4n) is 1.60. The number of rotatable bonds is 2. The molecule has 1 N–H and O–H groups in total. The topological polar surface area (TPSA) is 52.5 Å². The smallest absolute Gasteiger partial charge is 0.118 e. The van der Waals surface area contributed by atoms with E-state index in [0.29, 0.717) is 5.69 Å². The lowest BCUT2D eigenvalue weighted by Crippen LogP contribution is -1.87. The first-order valence-electron chi connectivity index (χ1n) is 4.87. The van der Waals surface area contributed by atoms with E-state index in [4.69, 9.17) is 5.26 Å². The predicted molar refractivity (Wildman–Crippen MR) is 58.1 cm³/mol. The Bertz CT molecular complexity index is 506. The predicted octanol–water partition coefficient (Wildman–Crippen LogP) is 2.51. The van der Waals surface area contributed by atoms with Crippen LogP contribution in [0.2, 0.25) is 0 Å². The van der Waals surface area contributed by atoms with Gasteiger partial charge in [0, 0.05) is 24.2 Å². The van der Waals surface area contributed by atoms with Crippen LogP contribution in [0.1, 0.15) is 18.2 Å². The van der Waals surface area contributed by atoms with Gasteiger partial charge in [0.1, 0.15) is 11.8 Å². The molecule has 0 aliphatic rings. The summed E-state index contributed by atoms with van der Waals surface area (Å²) in [6, 6.07) is 5.91. The Morgan fingerprint density at radius 3 is 3.07 bits per heavy atom. The molecule has 0 unspecified atom stereocenters. The highest BCUT2D eigenvalue weighted by molar-refractivity contribution is 5.67. The average molecular weight is 197 g/mol. The SMILES string of the molecule is CCc1cnccc1-c1c[nH]c(C#N)c1. The van der Waals surface area contributed by atoms with E-state index in [9.17, 15) is 0 Å². The molecular formula is C12H11N3. The Morgan fingerprint density at radius 1 is 1.53 bits per heavy atom. The second-order valence-corrected chi connectivity index (χ2v) is 3.30. The lowest BCUT2D eigenvalue weighted by molar-refractivity contribution is 1.11. The Hall–Kier alpha value is -2.08. The highest BCUT2D eigenvalue weighted by Gasteiger charge is 2.05. The number of aromatic amines is 1. The number of hydrogen-bond donors (Lipinski definition) is 1. The third-order valence-corrected chi connectivity index (χ3v) is 2.40. The van der Waals surface area contributed by atoms with Gasteiger partial charge in [0.05, 0.1) is 0 Å². The summed E-state index contributed by atoms with van der Waals surface area (Å²) < 4.78 is 0. The summed E-state index contributed by atoms with van der Waals surface area (Å²) in [5.74, 6) is 0. The third-order valence-electron chi connectivity index (χ3n) is 2.40. The van der Waals surface area contributed by atoms with E-state index in [1.807, 2.05) is 24.5 Å². The first kappa shape index (κ1) is 9.47. The largest absolute Gasteiger partial charge is 0.353 e. The standard InChI is InChI=1S/C12H11N3/c1-2-9-7-14-4-3-12(9)10-5-11(6-13)15-8-10/h3-5,7-8,15H,2H2,1H3. The summed E-state index contributed by atoms with van der Waals surface area (Å²) in [6.45, 7) is 2.10. The molecule has 15 heavy (non-hydrogen) atoms. The first-order chi connectivity index (χ1) is 7.35. The van der Waals surface area contributed by atoms with Gasteiger partial charge in [-0.1, -0.05) is 6.92 Å². The van der Waals surface area contributed by atoms with Crippen molar-refractivity contribution in [1.82, 2.24) is 9.97 Å². The maximum atomic E-state index is 8.73. The molecule has 0 saturated carbocycles. The van der Waals surface area contributed by atoms with Crippen molar-refractivity contribution >= 4 is 0 Å². The van der Waals surface area contributed by atoms with Crippen LogP contribution in [-0.4, -0.2) is 9.97 Å². The molecule has 3 heteroatoms. The van der Waals surface area contributed by atoms with Crippen molar-refractivity contribution < 1.29 is 0 Å². The normalized spacial score (nSPS) is 9.87. The van der Waals surface area contributed by atoms with Crippen LogP contribution in [0, 0.1) is 11.3 Å². The van der Waals surface area contributed by atoms with Crippen LogP contribution in [-0.2, 0) is 6.42 Å². The monoisotopic (exact) mass is 197 g/mol. The molecule has 3 nitrogen and oxygen atoms in total. The number of pyridine rings is 1. The van der Waals surface area contributed by atoms with Crippen LogP contribution in [0.15, 0.2) is 30.7 Å². The lowest BCUT2D eigenvalue weighted by Gasteiger charge is -2.03. The summed E-state index contributed by atoms with van der Waals surface area (Å²) in [5.41, 5.74) is 3.97. The van der Waals surface area contributed by atoms with Crippen LogP contribution in [0.5, 0.6) is 0 Å². The maximum Gasteiger partial charge on any atom is 0.118 e. The minimum absolute atomic E-state index is 0.587. The molecule has 0 aromatic carbocycles. The summed E-state index contributed by atoms with van der Waals surface area (Å²) in [4.78, 5) is 7.02. The zero-order valence-corrected chi connectivity index (χ0v) is 8.49. The molecule has 0 bridgehead atoms. The number of aromatic nitrogens is 2. The van der Waals surface area contributed by atoms with Crippen LogP contribution in [0.25, 0.3) is 11.1 Å². The maximum absolute atomic E-state index is 8.73. The summed E-state index contributed by atoms with van der Waals surface area (Å²) in [7, 11) is 0. The highest BCUT2D eigenvalue weighted by Crippen LogP contribution is 2.23. The van der Waals surface area contributed by atoms with Gasteiger partial charge >= 0.3 is 0 Å². The van der Waals surface area contributed by atoms with E-state index in [1.165, 1.54) is 5.56 Å².